The molecule has 3 heteroatoms. The van der Waals surface area contributed by atoms with Crippen molar-refractivity contribution in [3.63, 3.8) is 0 Å². The number of β-amino-alcohol motifs (C(OH)–C–C–N with tert-alkyl or cyclic N) is 1. The van der Waals surface area contributed by atoms with Crippen LogP contribution in [-0.4, -0.2) is 48.3 Å². The van der Waals surface area contributed by atoms with Gasteiger partial charge < -0.3 is 10.4 Å². The highest BCUT2D eigenvalue weighted by Gasteiger charge is 2.20. The van der Waals surface area contributed by atoms with Crippen molar-refractivity contribution in [3.8, 4) is 0 Å². The summed E-state index contributed by atoms with van der Waals surface area (Å²) < 4.78 is 0. The fourth-order valence-electron chi connectivity index (χ4n) is 1.79. The maximum Gasteiger partial charge on any atom is 0.0639 e. The van der Waals surface area contributed by atoms with Crippen molar-refractivity contribution < 1.29 is 5.11 Å². The molecule has 2 unspecified atom stereocenters. The highest BCUT2D eigenvalue weighted by atomic mass is 16.3. The van der Waals surface area contributed by atoms with Crippen LogP contribution in [0, 0.1) is 0 Å². The van der Waals surface area contributed by atoms with E-state index in [-0.39, 0.29) is 6.10 Å². The maximum absolute atomic E-state index is 9.26. The topological polar surface area (TPSA) is 35.5 Å². The fraction of sp³-hybridized carbons (Fsp3) is 1.00. The van der Waals surface area contributed by atoms with E-state index in [1.165, 1.54) is 6.42 Å². The lowest BCUT2D eigenvalue weighted by Gasteiger charge is -2.36. The van der Waals surface area contributed by atoms with Crippen molar-refractivity contribution in [2.45, 2.75) is 32.4 Å². The Morgan fingerprint density at radius 2 is 2.42 bits per heavy atom. The van der Waals surface area contributed by atoms with Crippen LogP contribution in [0.15, 0.2) is 0 Å². The van der Waals surface area contributed by atoms with Crippen molar-refractivity contribution in [2.24, 2.45) is 0 Å². The van der Waals surface area contributed by atoms with Gasteiger partial charge in [-0.15, -0.1) is 0 Å². The van der Waals surface area contributed by atoms with Gasteiger partial charge in [-0.2, -0.15) is 0 Å². The van der Waals surface area contributed by atoms with Crippen LogP contribution in [-0.2, 0) is 0 Å². The minimum absolute atomic E-state index is 0.197. The molecular formula is C9H20N2O. The Morgan fingerprint density at radius 1 is 1.67 bits per heavy atom. The number of aliphatic hydroxyl groups is 1. The Bertz CT molecular complexity index is 128. The minimum atomic E-state index is -0.197. The van der Waals surface area contributed by atoms with Gasteiger partial charge in [-0.3, -0.25) is 4.90 Å². The molecule has 1 rings (SSSR count). The van der Waals surface area contributed by atoms with Crippen LogP contribution < -0.4 is 5.32 Å². The van der Waals surface area contributed by atoms with E-state index in [0.717, 1.165) is 26.2 Å². The number of hydrogen-bond donors (Lipinski definition) is 2. The number of hydrogen-bond acceptors (Lipinski definition) is 3. The number of rotatable bonds is 3. The Morgan fingerprint density at radius 3 is 3.00 bits per heavy atom. The lowest BCUT2D eigenvalue weighted by Crippen LogP contribution is -2.52. The molecule has 2 N–H and O–H groups in total. The molecule has 1 aliphatic rings. The average Bonchev–Trinajstić information content (AvgIpc) is 2.04. The molecule has 0 aromatic heterocycles. The zero-order valence-electron chi connectivity index (χ0n) is 8.08. The van der Waals surface area contributed by atoms with Gasteiger partial charge >= 0.3 is 0 Å². The van der Waals surface area contributed by atoms with Crippen LogP contribution in [0.2, 0.25) is 0 Å². The summed E-state index contributed by atoms with van der Waals surface area (Å²) in [6, 6.07) is 0.619. The van der Waals surface area contributed by atoms with Crippen molar-refractivity contribution in [2.75, 3.05) is 26.2 Å². The second-order valence-electron chi connectivity index (χ2n) is 3.61. The molecule has 0 saturated carbocycles. The number of nitrogens with one attached hydrogen (secondary N) is 1. The van der Waals surface area contributed by atoms with Crippen LogP contribution in [0.4, 0.5) is 0 Å². The molecule has 0 aromatic rings. The van der Waals surface area contributed by atoms with Crippen LogP contribution in [0.3, 0.4) is 0 Å². The van der Waals surface area contributed by atoms with Crippen molar-refractivity contribution in [3.05, 3.63) is 0 Å². The normalized spacial score (nSPS) is 28.8. The second kappa shape index (κ2) is 4.80. The van der Waals surface area contributed by atoms with Gasteiger partial charge in [0.1, 0.15) is 0 Å². The molecule has 2 atom stereocenters. The molecule has 0 bridgehead atoms. The molecule has 1 fully saturated rings. The molecule has 0 spiro atoms. The first-order valence-electron chi connectivity index (χ1n) is 4.87. The number of aliphatic hydroxyl groups excluding tert-OH is 1. The van der Waals surface area contributed by atoms with E-state index in [1.807, 2.05) is 6.92 Å². The summed E-state index contributed by atoms with van der Waals surface area (Å²) in [7, 11) is 0. The van der Waals surface area contributed by atoms with E-state index in [1.54, 1.807) is 0 Å². The SMILES string of the molecule is CCC1CNCCN1CC(C)O. The van der Waals surface area contributed by atoms with Crippen LogP contribution >= 0.6 is 0 Å². The number of piperazine rings is 1. The molecule has 0 amide bonds. The van der Waals surface area contributed by atoms with Crippen molar-refractivity contribution in [1.82, 2.24) is 10.2 Å². The van der Waals surface area contributed by atoms with E-state index in [4.69, 9.17) is 0 Å². The zero-order valence-corrected chi connectivity index (χ0v) is 8.08. The molecule has 72 valence electrons. The molecule has 1 heterocycles. The molecule has 0 radical (unpaired) electrons. The molecule has 3 nitrogen and oxygen atoms in total. The van der Waals surface area contributed by atoms with Gasteiger partial charge in [0.05, 0.1) is 6.10 Å². The number of nitrogens with zero attached hydrogens (tertiary/aromatic N) is 1. The summed E-state index contributed by atoms with van der Waals surface area (Å²) in [4.78, 5) is 2.38. The summed E-state index contributed by atoms with van der Waals surface area (Å²) in [6.45, 7) is 8.08. The van der Waals surface area contributed by atoms with E-state index < -0.39 is 0 Å². The predicted octanol–water partition coefficient (Wildman–Crippen LogP) is 0.0510. The third kappa shape index (κ3) is 2.73. The summed E-state index contributed by atoms with van der Waals surface area (Å²) in [5, 5.41) is 12.6. The summed E-state index contributed by atoms with van der Waals surface area (Å²) in [5.41, 5.74) is 0. The first-order chi connectivity index (χ1) is 5.74. The minimum Gasteiger partial charge on any atom is -0.392 e. The highest BCUT2D eigenvalue weighted by molar-refractivity contribution is 4.79. The van der Waals surface area contributed by atoms with Crippen molar-refractivity contribution >= 4 is 0 Å². The smallest absolute Gasteiger partial charge is 0.0639 e. The van der Waals surface area contributed by atoms with Gasteiger partial charge in [-0.1, -0.05) is 6.92 Å². The summed E-state index contributed by atoms with van der Waals surface area (Å²) in [6.07, 6.45) is 0.969. The van der Waals surface area contributed by atoms with Crippen molar-refractivity contribution in [1.29, 1.82) is 0 Å². The summed E-state index contributed by atoms with van der Waals surface area (Å²) >= 11 is 0. The third-order valence-corrected chi connectivity index (χ3v) is 2.44. The van der Waals surface area contributed by atoms with Gasteiger partial charge in [-0.05, 0) is 13.3 Å². The lowest BCUT2D eigenvalue weighted by molar-refractivity contribution is 0.0819. The highest BCUT2D eigenvalue weighted by Crippen LogP contribution is 2.07. The molecule has 0 aromatic carbocycles. The van der Waals surface area contributed by atoms with Gasteiger partial charge in [0.25, 0.3) is 0 Å². The maximum atomic E-state index is 9.26. The van der Waals surface area contributed by atoms with E-state index in [9.17, 15) is 5.11 Å². The quantitative estimate of drug-likeness (QED) is 0.631. The molecule has 1 saturated heterocycles. The first kappa shape index (κ1) is 9.96. The lowest BCUT2D eigenvalue weighted by atomic mass is 10.1. The monoisotopic (exact) mass is 172 g/mol. The first-order valence-corrected chi connectivity index (χ1v) is 4.87. The van der Waals surface area contributed by atoms with E-state index in [0.29, 0.717) is 6.04 Å². The van der Waals surface area contributed by atoms with Gasteiger partial charge in [-0.25, -0.2) is 0 Å². The van der Waals surface area contributed by atoms with Gasteiger partial charge in [0.2, 0.25) is 0 Å². The third-order valence-electron chi connectivity index (χ3n) is 2.44. The Labute approximate surface area is 74.8 Å². The van der Waals surface area contributed by atoms with Crippen LogP contribution in [0.5, 0.6) is 0 Å². The predicted molar refractivity (Wildman–Crippen MR) is 50.2 cm³/mol. The Balaban J connectivity index is 2.36. The van der Waals surface area contributed by atoms with Crippen LogP contribution in [0.1, 0.15) is 20.3 Å². The molecule has 12 heavy (non-hydrogen) atoms. The molecular weight excluding hydrogens is 152 g/mol. The second-order valence-corrected chi connectivity index (χ2v) is 3.61. The zero-order chi connectivity index (χ0) is 8.97. The fourth-order valence-corrected chi connectivity index (χ4v) is 1.79. The largest absolute Gasteiger partial charge is 0.392 e. The summed E-state index contributed by atoms with van der Waals surface area (Å²) in [5.74, 6) is 0. The Hall–Kier alpha value is -0.120. The molecule has 1 aliphatic heterocycles. The van der Waals surface area contributed by atoms with E-state index in [2.05, 4.69) is 17.1 Å². The molecule has 0 aliphatic carbocycles. The van der Waals surface area contributed by atoms with Crippen LogP contribution in [0.25, 0.3) is 0 Å². The standard InChI is InChI=1S/C9H20N2O/c1-3-9-6-10-4-5-11(9)7-8(2)12/h8-10,12H,3-7H2,1-2H3. The van der Waals surface area contributed by atoms with Gasteiger partial charge in [0, 0.05) is 32.2 Å². The Kier molecular flexibility index (Phi) is 3.98. The average molecular weight is 172 g/mol. The van der Waals surface area contributed by atoms with Gasteiger partial charge in [0.15, 0.2) is 0 Å². The van der Waals surface area contributed by atoms with E-state index >= 15 is 0 Å².